The molecule has 3 rings (SSSR count). The van der Waals surface area contributed by atoms with Gasteiger partial charge in [0.1, 0.15) is 5.75 Å². The lowest BCUT2D eigenvalue weighted by Gasteiger charge is -2.31. The standard InChI is InChI=1S/C21H20ClF2N3O3S/c1-2-25-19(29)17-12-18(28)27(13-14-6-4-3-5-7-14)20(31-17)26-15-8-10-16(11-9-15)30-21(22,23)24/h3-11,17H,2,12-13H2,1H3,(H,25,29). The Morgan fingerprint density at radius 2 is 1.94 bits per heavy atom. The molecule has 0 aliphatic carbocycles. The fourth-order valence-electron chi connectivity index (χ4n) is 2.88. The molecule has 1 aliphatic rings. The molecule has 10 heteroatoms. The zero-order chi connectivity index (χ0) is 22.4. The van der Waals surface area contributed by atoms with Crippen LogP contribution >= 0.6 is 23.4 Å². The number of halogens is 3. The minimum absolute atomic E-state index is 0.0555. The molecule has 1 unspecified atom stereocenters. The molecule has 1 saturated heterocycles. The van der Waals surface area contributed by atoms with E-state index in [1.807, 2.05) is 30.3 Å². The van der Waals surface area contributed by atoms with Crippen molar-refractivity contribution in [3.63, 3.8) is 0 Å². The van der Waals surface area contributed by atoms with Gasteiger partial charge in [0, 0.05) is 24.6 Å². The Kier molecular flexibility index (Phi) is 7.50. The van der Waals surface area contributed by atoms with Gasteiger partial charge in [-0.25, -0.2) is 4.99 Å². The first-order valence-electron chi connectivity index (χ1n) is 9.48. The van der Waals surface area contributed by atoms with Crippen molar-refractivity contribution in [2.45, 2.75) is 30.7 Å². The van der Waals surface area contributed by atoms with Crippen LogP contribution in [-0.4, -0.2) is 39.2 Å². The molecule has 0 radical (unpaired) electrons. The first-order valence-corrected chi connectivity index (χ1v) is 10.7. The van der Waals surface area contributed by atoms with Crippen LogP contribution in [0.25, 0.3) is 0 Å². The zero-order valence-corrected chi connectivity index (χ0v) is 18.1. The summed E-state index contributed by atoms with van der Waals surface area (Å²) < 4.78 is 29.9. The van der Waals surface area contributed by atoms with Gasteiger partial charge in [-0.05, 0) is 36.8 Å². The Morgan fingerprint density at radius 3 is 2.55 bits per heavy atom. The van der Waals surface area contributed by atoms with Gasteiger partial charge in [0.2, 0.25) is 11.8 Å². The SMILES string of the molecule is CCNC(=O)C1CC(=O)N(Cc2ccccc2)C(=Nc2ccc(OC(F)(F)Cl)cc2)S1. The number of hydrogen-bond acceptors (Lipinski definition) is 5. The van der Waals surface area contributed by atoms with E-state index in [1.165, 1.54) is 40.9 Å². The number of thioether (sulfide) groups is 1. The summed E-state index contributed by atoms with van der Waals surface area (Å²) in [6.45, 7) is 2.56. The minimum atomic E-state index is -3.81. The summed E-state index contributed by atoms with van der Waals surface area (Å²) in [5.41, 5.74) is -2.49. The van der Waals surface area contributed by atoms with Crippen LogP contribution in [0.3, 0.4) is 0 Å². The van der Waals surface area contributed by atoms with Crippen LogP contribution in [-0.2, 0) is 16.1 Å². The van der Waals surface area contributed by atoms with Crippen LogP contribution < -0.4 is 10.1 Å². The van der Waals surface area contributed by atoms with Crippen LogP contribution in [0.4, 0.5) is 14.5 Å². The Labute approximate surface area is 187 Å². The van der Waals surface area contributed by atoms with Gasteiger partial charge >= 0.3 is 5.57 Å². The number of benzene rings is 2. The quantitative estimate of drug-likeness (QED) is 0.608. The summed E-state index contributed by atoms with van der Waals surface area (Å²) in [4.78, 5) is 31.2. The average Bonchev–Trinajstić information content (AvgIpc) is 2.71. The Bertz CT molecular complexity index is 953. The number of ether oxygens (including phenoxy) is 1. The smallest absolute Gasteiger partial charge is 0.420 e. The van der Waals surface area contributed by atoms with Gasteiger partial charge in [0.05, 0.1) is 17.5 Å². The van der Waals surface area contributed by atoms with E-state index < -0.39 is 10.8 Å². The molecule has 1 aliphatic heterocycles. The second-order valence-corrected chi connectivity index (χ2v) is 8.22. The highest BCUT2D eigenvalue weighted by molar-refractivity contribution is 8.15. The monoisotopic (exact) mass is 467 g/mol. The predicted molar refractivity (Wildman–Crippen MR) is 117 cm³/mol. The summed E-state index contributed by atoms with van der Waals surface area (Å²) in [5, 5.41) is 2.48. The van der Waals surface area contributed by atoms with Crippen LogP contribution in [0.2, 0.25) is 0 Å². The van der Waals surface area contributed by atoms with Crippen LogP contribution in [0.1, 0.15) is 18.9 Å². The number of nitrogens with one attached hydrogen (secondary N) is 1. The molecular weight excluding hydrogens is 448 g/mol. The Hall–Kier alpha value is -2.65. The van der Waals surface area contributed by atoms with E-state index in [-0.39, 0.29) is 24.0 Å². The predicted octanol–water partition coefficient (Wildman–Crippen LogP) is 4.51. The van der Waals surface area contributed by atoms with Gasteiger partial charge in [0.15, 0.2) is 5.17 Å². The third-order valence-corrected chi connectivity index (χ3v) is 5.53. The molecule has 6 nitrogen and oxygen atoms in total. The highest BCUT2D eigenvalue weighted by Crippen LogP contribution is 2.31. The number of aliphatic imine (C=N–C) groups is 1. The van der Waals surface area contributed by atoms with E-state index in [1.54, 1.807) is 6.92 Å². The molecule has 2 aromatic carbocycles. The summed E-state index contributed by atoms with van der Waals surface area (Å²) in [6.07, 6.45) is 0.0555. The molecule has 0 spiro atoms. The third kappa shape index (κ3) is 6.67. The molecule has 1 heterocycles. The van der Waals surface area contributed by atoms with Crippen molar-refractivity contribution in [3.05, 3.63) is 60.2 Å². The maximum Gasteiger partial charge on any atom is 0.487 e. The molecule has 164 valence electrons. The number of carbonyl (C=O) groups excluding carboxylic acids is 2. The van der Waals surface area contributed by atoms with E-state index in [2.05, 4.69) is 15.0 Å². The fourth-order valence-corrected chi connectivity index (χ4v) is 4.10. The fraction of sp³-hybridized carbons (Fsp3) is 0.286. The van der Waals surface area contributed by atoms with Crippen molar-refractivity contribution >= 4 is 46.0 Å². The number of carbonyl (C=O) groups is 2. The summed E-state index contributed by atoms with van der Waals surface area (Å²) >= 11 is 5.97. The minimum Gasteiger partial charge on any atom is -0.420 e. The van der Waals surface area contributed by atoms with Crippen molar-refractivity contribution in [1.29, 1.82) is 0 Å². The largest absolute Gasteiger partial charge is 0.487 e. The Balaban J connectivity index is 1.87. The normalized spacial score (nSPS) is 18.2. The van der Waals surface area contributed by atoms with E-state index in [4.69, 9.17) is 11.6 Å². The number of alkyl halides is 3. The zero-order valence-electron chi connectivity index (χ0n) is 16.6. The summed E-state index contributed by atoms with van der Waals surface area (Å²) in [6, 6.07) is 14.9. The second-order valence-electron chi connectivity index (χ2n) is 6.61. The van der Waals surface area contributed by atoms with Crippen LogP contribution in [0, 0.1) is 0 Å². The number of rotatable bonds is 7. The van der Waals surface area contributed by atoms with E-state index in [9.17, 15) is 18.4 Å². The summed E-state index contributed by atoms with van der Waals surface area (Å²) in [7, 11) is 0. The van der Waals surface area contributed by atoms with Crippen LogP contribution in [0.15, 0.2) is 59.6 Å². The van der Waals surface area contributed by atoms with Gasteiger partial charge in [0.25, 0.3) is 0 Å². The molecule has 2 aromatic rings. The maximum absolute atomic E-state index is 12.9. The third-order valence-electron chi connectivity index (χ3n) is 4.26. The van der Waals surface area contributed by atoms with Crippen molar-refractivity contribution < 1.29 is 23.1 Å². The van der Waals surface area contributed by atoms with Gasteiger partial charge in [-0.3, -0.25) is 14.5 Å². The molecular formula is C21H20ClF2N3O3S. The highest BCUT2D eigenvalue weighted by atomic mass is 35.5. The van der Waals surface area contributed by atoms with Gasteiger partial charge in [-0.15, -0.1) is 8.78 Å². The Morgan fingerprint density at radius 1 is 1.26 bits per heavy atom. The molecule has 0 aromatic heterocycles. The maximum atomic E-state index is 12.9. The van der Waals surface area contributed by atoms with Crippen LogP contribution in [0.5, 0.6) is 5.75 Å². The van der Waals surface area contributed by atoms with E-state index in [0.29, 0.717) is 23.9 Å². The first-order chi connectivity index (χ1) is 14.7. The van der Waals surface area contributed by atoms with Crippen molar-refractivity contribution in [1.82, 2.24) is 10.2 Å². The lowest BCUT2D eigenvalue weighted by atomic mass is 10.2. The molecule has 31 heavy (non-hydrogen) atoms. The average molecular weight is 468 g/mol. The molecule has 1 atom stereocenters. The number of amides is 2. The molecule has 1 N–H and O–H groups in total. The van der Waals surface area contributed by atoms with E-state index in [0.717, 1.165) is 5.56 Å². The molecule has 1 fully saturated rings. The molecule has 2 amide bonds. The molecule has 0 saturated carbocycles. The number of hydrogen-bond donors (Lipinski definition) is 1. The van der Waals surface area contributed by atoms with Gasteiger partial charge in [-0.2, -0.15) is 0 Å². The topological polar surface area (TPSA) is 71.0 Å². The van der Waals surface area contributed by atoms with E-state index >= 15 is 0 Å². The first kappa shape index (κ1) is 23.0. The van der Waals surface area contributed by atoms with Crippen molar-refractivity contribution in [2.75, 3.05) is 6.54 Å². The van der Waals surface area contributed by atoms with Gasteiger partial charge < -0.3 is 10.1 Å². The lowest BCUT2D eigenvalue weighted by Crippen LogP contribution is -2.46. The van der Waals surface area contributed by atoms with Gasteiger partial charge in [-0.1, -0.05) is 42.1 Å². The number of amidine groups is 1. The van der Waals surface area contributed by atoms with Crippen molar-refractivity contribution in [2.24, 2.45) is 4.99 Å². The lowest BCUT2D eigenvalue weighted by molar-refractivity contribution is -0.130. The summed E-state index contributed by atoms with van der Waals surface area (Å²) in [5.74, 6) is -0.585. The number of nitrogens with zero attached hydrogens (tertiary/aromatic N) is 2. The molecule has 0 bridgehead atoms. The van der Waals surface area contributed by atoms with Crippen molar-refractivity contribution in [3.8, 4) is 5.75 Å². The second kappa shape index (κ2) is 10.1. The highest BCUT2D eigenvalue weighted by Gasteiger charge is 2.35.